The standard InChI is InChI=1S/C19H29N5O2/c1-22(2)11-12-24-17(3-4-18(24)25)7-10-21-19(26)23-13-16(14-23)15-5-8-20-9-6-15/h5-6,8-9,16-17H,3-4,7,10-14H2,1-2H3,(H,21,26). The largest absolute Gasteiger partial charge is 0.338 e. The number of aromatic nitrogens is 1. The van der Waals surface area contributed by atoms with Crippen molar-refractivity contribution < 1.29 is 9.59 Å². The first-order valence-electron chi connectivity index (χ1n) is 9.41. The van der Waals surface area contributed by atoms with Crippen LogP contribution in [-0.2, 0) is 4.79 Å². The lowest BCUT2D eigenvalue weighted by molar-refractivity contribution is -0.129. The fourth-order valence-corrected chi connectivity index (χ4v) is 3.66. The Kier molecular flexibility index (Phi) is 6.08. The van der Waals surface area contributed by atoms with E-state index < -0.39 is 0 Å². The molecule has 1 aromatic heterocycles. The summed E-state index contributed by atoms with van der Waals surface area (Å²) in [5, 5.41) is 3.01. The summed E-state index contributed by atoms with van der Waals surface area (Å²) in [5.74, 6) is 0.656. The summed E-state index contributed by atoms with van der Waals surface area (Å²) in [6, 6.07) is 4.28. The van der Waals surface area contributed by atoms with E-state index in [4.69, 9.17) is 0 Å². The first-order chi connectivity index (χ1) is 12.5. The molecule has 26 heavy (non-hydrogen) atoms. The molecule has 3 amide bonds. The average Bonchev–Trinajstić information content (AvgIpc) is 2.92. The fourth-order valence-electron chi connectivity index (χ4n) is 3.66. The fraction of sp³-hybridized carbons (Fsp3) is 0.632. The summed E-state index contributed by atoms with van der Waals surface area (Å²) in [5.41, 5.74) is 1.24. The number of hydrogen-bond acceptors (Lipinski definition) is 4. The van der Waals surface area contributed by atoms with Crippen LogP contribution in [0.4, 0.5) is 4.79 Å². The Morgan fingerprint density at radius 3 is 2.73 bits per heavy atom. The summed E-state index contributed by atoms with van der Waals surface area (Å²) < 4.78 is 0. The van der Waals surface area contributed by atoms with Crippen LogP contribution in [0, 0.1) is 0 Å². The maximum atomic E-state index is 12.3. The third-order valence-corrected chi connectivity index (χ3v) is 5.34. The van der Waals surface area contributed by atoms with Gasteiger partial charge in [0.05, 0.1) is 0 Å². The van der Waals surface area contributed by atoms with Crippen molar-refractivity contribution in [2.75, 3.05) is 46.8 Å². The summed E-state index contributed by atoms with van der Waals surface area (Å²) in [6.07, 6.45) is 5.94. The molecule has 1 atom stereocenters. The van der Waals surface area contributed by atoms with E-state index in [-0.39, 0.29) is 18.0 Å². The Balaban J connectivity index is 1.37. The van der Waals surface area contributed by atoms with Gasteiger partial charge in [0.15, 0.2) is 0 Å². The van der Waals surface area contributed by atoms with Crippen LogP contribution in [0.2, 0.25) is 0 Å². The van der Waals surface area contributed by atoms with Gasteiger partial charge in [0, 0.05) is 63.5 Å². The van der Waals surface area contributed by atoms with Gasteiger partial charge in [-0.15, -0.1) is 0 Å². The molecule has 2 aliphatic rings. The lowest BCUT2D eigenvalue weighted by Crippen LogP contribution is -2.53. The third kappa shape index (κ3) is 4.52. The Hall–Kier alpha value is -2.15. The van der Waals surface area contributed by atoms with E-state index in [1.54, 1.807) is 12.4 Å². The SMILES string of the molecule is CN(C)CCN1C(=O)CCC1CCNC(=O)N1CC(c2ccncc2)C1. The lowest BCUT2D eigenvalue weighted by atomic mass is 9.93. The summed E-state index contributed by atoms with van der Waals surface area (Å²) >= 11 is 0. The second kappa shape index (κ2) is 8.49. The predicted molar refractivity (Wildman–Crippen MR) is 99.9 cm³/mol. The average molecular weight is 359 g/mol. The Bertz CT molecular complexity index is 616. The minimum Gasteiger partial charge on any atom is -0.338 e. The van der Waals surface area contributed by atoms with E-state index in [1.165, 1.54) is 5.56 Å². The molecule has 0 aliphatic carbocycles. The molecule has 1 N–H and O–H groups in total. The molecule has 2 aliphatic heterocycles. The minimum absolute atomic E-state index is 0.000490. The van der Waals surface area contributed by atoms with Crippen molar-refractivity contribution in [2.24, 2.45) is 0 Å². The Morgan fingerprint density at radius 2 is 2.04 bits per heavy atom. The number of likely N-dealkylation sites (tertiary alicyclic amines) is 2. The van der Waals surface area contributed by atoms with Crippen LogP contribution in [0.3, 0.4) is 0 Å². The number of likely N-dealkylation sites (N-methyl/N-ethyl adjacent to an activating group) is 1. The first-order valence-corrected chi connectivity index (χ1v) is 9.41. The summed E-state index contributed by atoms with van der Waals surface area (Å²) in [7, 11) is 4.03. The van der Waals surface area contributed by atoms with Crippen molar-refractivity contribution in [3.05, 3.63) is 30.1 Å². The van der Waals surface area contributed by atoms with Crippen molar-refractivity contribution in [1.82, 2.24) is 25.0 Å². The first kappa shape index (κ1) is 18.6. The van der Waals surface area contributed by atoms with Gasteiger partial charge in [-0.2, -0.15) is 0 Å². The topological polar surface area (TPSA) is 68.8 Å². The van der Waals surface area contributed by atoms with Gasteiger partial charge in [0.2, 0.25) is 5.91 Å². The number of carbonyl (C=O) groups is 2. The van der Waals surface area contributed by atoms with Gasteiger partial charge in [0.25, 0.3) is 0 Å². The number of nitrogens with one attached hydrogen (secondary N) is 1. The number of rotatable bonds is 7. The summed E-state index contributed by atoms with van der Waals surface area (Å²) in [4.78, 5) is 34.2. The van der Waals surface area contributed by atoms with Crippen LogP contribution in [0.1, 0.15) is 30.7 Å². The van der Waals surface area contributed by atoms with Gasteiger partial charge in [-0.05, 0) is 44.6 Å². The van der Waals surface area contributed by atoms with Crippen molar-refractivity contribution in [3.63, 3.8) is 0 Å². The van der Waals surface area contributed by atoms with Gasteiger partial charge >= 0.3 is 6.03 Å². The second-order valence-electron chi connectivity index (χ2n) is 7.49. The molecule has 0 spiro atoms. The number of urea groups is 1. The van der Waals surface area contributed by atoms with Gasteiger partial charge in [0.1, 0.15) is 0 Å². The van der Waals surface area contributed by atoms with Crippen molar-refractivity contribution >= 4 is 11.9 Å². The zero-order valence-electron chi connectivity index (χ0n) is 15.7. The highest BCUT2D eigenvalue weighted by atomic mass is 16.2. The molecule has 0 radical (unpaired) electrons. The molecule has 142 valence electrons. The quantitative estimate of drug-likeness (QED) is 0.792. The molecule has 1 aromatic rings. The molecule has 2 fully saturated rings. The van der Waals surface area contributed by atoms with Gasteiger partial charge in [-0.1, -0.05) is 0 Å². The molecular formula is C19H29N5O2. The highest BCUT2D eigenvalue weighted by Crippen LogP contribution is 2.26. The second-order valence-corrected chi connectivity index (χ2v) is 7.49. The normalized spacial score (nSPS) is 20.6. The third-order valence-electron chi connectivity index (χ3n) is 5.34. The predicted octanol–water partition coefficient (Wildman–Crippen LogP) is 1.13. The number of nitrogens with zero attached hydrogens (tertiary/aromatic N) is 4. The Morgan fingerprint density at radius 1 is 1.31 bits per heavy atom. The molecular weight excluding hydrogens is 330 g/mol. The van der Waals surface area contributed by atoms with Crippen LogP contribution in [0.5, 0.6) is 0 Å². The smallest absolute Gasteiger partial charge is 0.317 e. The molecule has 3 heterocycles. The molecule has 0 saturated carbocycles. The zero-order chi connectivity index (χ0) is 18.5. The van der Waals surface area contributed by atoms with Gasteiger partial charge in [-0.3, -0.25) is 9.78 Å². The Labute approximate surface area is 155 Å². The number of hydrogen-bond donors (Lipinski definition) is 1. The monoisotopic (exact) mass is 359 g/mol. The minimum atomic E-state index is -0.000490. The highest BCUT2D eigenvalue weighted by Gasteiger charge is 2.33. The van der Waals surface area contributed by atoms with Gasteiger partial charge in [-0.25, -0.2) is 4.79 Å². The number of carbonyl (C=O) groups excluding carboxylic acids is 2. The maximum absolute atomic E-state index is 12.3. The van der Waals surface area contributed by atoms with Crippen molar-refractivity contribution in [3.8, 4) is 0 Å². The zero-order valence-corrected chi connectivity index (χ0v) is 15.7. The number of pyridine rings is 1. The van der Waals surface area contributed by atoms with Gasteiger partial charge < -0.3 is 20.0 Å². The number of amides is 3. The molecule has 2 saturated heterocycles. The highest BCUT2D eigenvalue weighted by molar-refractivity contribution is 5.79. The van der Waals surface area contributed by atoms with Crippen molar-refractivity contribution in [1.29, 1.82) is 0 Å². The van der Waals surface area contributed by atoms with E-state index in [9.17, 15) is 9.59 Å². The molecule has 7 nitrogen and oxygen atoms in total. The van der Waals surface area contributed by atoms with Crippen LogP contribution in [-0.4, -0.2) is 84.5 Å². The van der Waals surface area contributed by atoms with E-state index >= 15 is 0 Å². The maximum Gasteiger partial charge on any atom is 0.317 e. The molecule has 0 aromatic carbocycles. The van der Waals surface area contributed by atoms with Crippen LogP contribution in [0.15, 0.2) is 24.5 Å². The van der Waals surface area contributed by atoms with Crippen LogP contribution in [0.25, 0.3) is 0 Å². The van der Waals surface area contributed by atoms with Crippen molar-refractivity contribution in [2.45, 2.75) is 31.2 Å². The molecule has 1 unspecified atom stereocenters. The van der Waals surface area contributed by atoms with E-state index in [2.05, 4.69) is 15.2 Å². The van der Waals surface area contributed by atoms with Crippen LogP contribution < -0.4 is 5.32 Å². The molecule has 3 rings (SSSR count). The van der Waals surface area contributed by atoms with E-state index in [0.717, 1.165) is 39.0 Å². The van der Waals surface area contributed by atoms with E-state index in [1.807, 2.05) is 36.0 Å². The lowest BCUT2D eigenvalue weighted by Gasteiger charge is -2.39. The molecule has 7 heteroatoms. The van der Waals surface area contributed by atoms with Crippen LogP contribution >= 0.6 is 0 Å². The van der Waals surface area contributed by atoms with E-state index in [0.29, 0.717) is 18.9 Å². The summed E-state index contributed by atoms with van der Waals surface area (Å²) in [6.45, 7) is 3.77. The molecule has 0 bridgehead atoms.